The smallest absolute Gasteiger partial charge is 0.429 e. The van der Waals surface area contributed by atoms with Crippen LogP contribution in [0.15, 0.2) is 30.3 Å². The average molecular weight is 416 g/mol. The van der Waals surface area contributed by atoms with Crippen LogP contribution < -0.4 is 4.74 Å². The summed E-state index contributed by atoms with van der Waals surface area (Å²) in [7, 11) is 0. The van der Waals surface area contributed by atoms with E-state index in [1.165, 1.54) is 6.07 Å². The van der Waals surface area contributed by atoms with Crippen LogP contribution in [0, 0.1) is 29.2 Å². The monoisotopic (exact) mass is 416 g/mol. The van der Waals surface area contributed by atoms with Crippen LogP contribution >= 0.6 is 0 Å². The number of benzene rings is 2. The van der Waals surface area contributed by atoms with Crippen LogP contribution in [0.3, 0.4) is 0 Å². The molecule has 0 unspecified atom stereocenters. The Kier molecular flexibility index (Phi) is 6.44. The highest BCUT2D eigenvalue weighted by atomic mass is 19.3. The maximum Gasteiger partial charge on any atom is 0.429 e. The second-order valence-corrected chi connectivity index (χ2v) is 7.53. The molecular formula is C22H22F6O. The predicted octanol–water partition coefficient (Wildman–Crippen LogP) is 7.45. The first-order valence-electron chi connectivity index (χ1n) is 9.73. The van der Waals surface area contributed by atoms with E-state index in [9.17, 15) is 26.3 Å². The van der Waals surface area contributed by atoms with Gasteiger partial charge in [-0.05, 0) is 61.3 Å². The Morgan fingerprint density at radius 2 is 1.59 bits per heavy atom. The Morgan fingerprint density at radius 3 is 2.21 bits per heavy atom. The SMILES string of the molecule is CCCC1CCC(c2ccc(C(F)(F)Oc3ccc(F)c(F)c3)c(F)c2F)CC1. The highest BCUT2D eigenvalue weighted by Crippen LogP contribution is 2.41. The summed E-state index contributed by atoms with van der Waals surface area (Å²) >= 11 is 0. The zero-order valence-electron chi connectivity index (χ0n) is 16.0. The molecule has 1 fully saturated rings. The van der Waals surface area contributed by atoms with Gasteiger partial charge in [0.05, 0.1) is 0 Å². The van der Waals surface area contributed by atoms with Crippen LogP contribution in [0.4, 0.5) is 26.3 Å². The van der Waals surface area contributed by atoms with Gasteiger partial charge >= 0.3 is 6.11 Å². The van der Waals surface area contributed by atoms with E-state index in [4.69, 9.17) is 0 Å². The van der Waals surface area contributed by atoms with Crippen molar-refractivity contribution < 1.29 is 31.1 Å². The van der Waals surface area contributed by atoms with E-state index < -0.39 is 40.7 Å². The minimum Gasteiger partial charge on any atom is -0.429 e. The van der Waals surface area contributed by atoms with Gasteiger partial charge < -0.3 is 4.74 Å². The maximum absolute atomic E-state index is 14.6. The molecule has 0 heterocycles. The summed E-state index contributed by atoms with van der Waals surface area (Å²) in [4.78, 5) is 0. The van der Waals surface area contributed by atoms with Crippen molar-refractivity contribution in [3.8, 4) is 5.75 Å². The number of halogens is 6. The minimum atomic E-state index is -4.26. The van der Waals surface area contributed by atoms with Gasteiger partial charge in [-0.2, -0.15) is 8.78 Å². The third-order valence-electron chi connectivity index (χ3n) is 5.55. The summed E-state index contributed by atoms with van der Waals surface area (Å²) in [5.74, 6) is -5.98. The zero-order valence-corrected chi connectivity index (χ0v) is 16.0. The topological polar surface area (TPSA) is 9.23 Å². The van der Waals surface area contributed by atoms with E-state index in [1.54, 1.807) is 0 Å². The number of hydrogen-bond acceptors (Lipinski definition) is 1. The molecule has 0 saturated heterocycles. The average Bonchev–Trinajstić information content (AvgIpc) is 2.67. The van der Waals surface area contributed by atoms with Crippen molar-refractivity contribution in [2.24, 2.45) is 5.92 Å². The lowest BCUT2D eigenvalue weighted by Crippen LogP contribution is -2.25. The Labute approximate surface area is 165 Å². The van der Waals surface area contributed by atoms with E-state index in [1.807, 2.05) is 0 Å². The van der Waals surface area contributed by atoms with Gasteiger partial charge in [-0.1, -0.05) is 25.8 Å². The third-order valence-corrected chi connectivity index (χ3v) is 5.55. The molecule has 0 radical (unpaired) electrons. The lowest BCUT2D eigenvalue weighted by Gasteiger charge is -2.29. The van der Waals surface area contributed by atoms with Crippen LogP contribution in [0.2, 0.25) is 0 Å². The molecule has 0 atom stereocenters. The highest BCUT2D eigenvalue weighted by Gasteiger charge is 2.40. The summed E-state index contributed by atoms with van der Waals surface area (Å²) in [5, 5.41) is 0. The van der Waals surface area contributed by atoms with E-state index in [0.717, 1.165) is 37.8 Å². The van der Waals surface area contributed by atoms with E-state index >= 15 is 0 Å². The van der Waals surface area contributed by atoms with Gasteiger partial charge in [-0.3, -0.25) is 0 Å². The molecule has 1 saturated carbocycles. The number of hydrogen-bond donors (Lipinski definition) is 0. The van der Waals surface area contributed by atoms with Crippen molar-refractivity contribution in [2.45, 2.75) is 57.5 Å². The summed E-state index contributed by atoms with van der Waals surface area (Å²) < 4.78 is 88.3. The van der Waals surface area contributed by atoms with Crippen molar-refractivity contribution in [1.29, 1.82) is 0 Å². The molecule has 2 aromatic rings. The molecule has 0 aromatic heterocycles. The standard InChI is InChI=1S/C22H22F6O/c1-2-3-13-4-6-14(7-5-13)16-9-10-17(21(26)20(16)25)22(27,28)29-15-8-11-18(23)19(24)12-15/h8-14H,2-7H2,1H3. The summed E-state index contributed by atoms with van der Waals surface area (Å²) in [6, 6.07) is 3.77. The minimum absolute atomic E-state index is 0.0878. The lowest BCUT2D eigenvalue weighted by molar-refractivity contribution is -0.187. The number of rotatable bonds is 6. The third kappa shape index (κ3) is 4.70. The molecule has 3 rings (SSSR count). The first-order valence-corrected chi connectivity index (χ1v) is 9.73. The largest absolute Gasteiger partial charge is 0.429 e. The Hall–Kier alpha value is -2.18. The molecule has 0 aliphatic heterocycles. The van der Waals surface area contributed by atoms with Crippen LogP contribution in [0.5, 0.6) is 5.75 Å². The Morgan fingerprint density at radius 1 is 0.897 bits per heavy atom. The zero-order chi connectivity index (χ0) is 21.2. The first kappa shape index (κ1) is 21.5. The first-order chi connectivity index (χ1) is 13.7. The fraction of sp³-hybridized carbons (Fsp3) is 0.455. The van der Waals surface area contributed by atoms with Crippen LogP contribution in [-0.4, -0.2) is 0 Å². The van der Waals surface area contributed by atoms with Crippen LogP contribution in [0.25, 0.3) is 0 Å². The summed E-state index contributed by atoms with van der Waals surface area (Å²) in [6.45, 7) is 2.10. The molecule has 0 bridgehead atoms. The molecule has 158 valence electrons. The van der Waals surface area contributed by atoms with Crippen molar-refractivity contribution in [1.82, 2.24) is 0 Å². The molecular weight excluding hydrogens is 394 g/mol. The fourth-order valence-corrected chi connectivity index (χ4v) is 4.02. The molecule has 0 spiro atoms. The van der Waals surface area contributed by atoms with E-state index in [0.29, 0.717) is 30.9 Å². The maximum atomic E-state index is 14.6. The number of ether oxygens (including phenoxy) is 1. The molecule has 1 nitrogen and oxygen atoms in total. The van der Waals surface area contributed by atoms with E-state index in [-0.39, 0.29) is 11.5 Å². The molecule has 2 aromatic carbocycles. The second kappa shape index (κ2) is 8.67. The molecule has 29 heavy (non-hydrogen) atoms. The molecule has 1 aliphatic carbocycles. The number of alkyl halides is 2. The van der Waals surface area contributed by atoms with E-state index in [2.05, 4.69) is 11.7 Å². The van der Waals surface area contributed by atoms with Gasteiger partial charge in [0.2, 0.25) is 0 Å². The summed E-state index contributed by atoms with van der Waals surface area (Å²) in [6.07, 6.45) is 1.07. The molecule has 0 N–H and O–H groups in total. The van der Waals surface area contributed by atoms with Gasteiger partial charge in [0.15, 0.2) is 23.3 Å². The highest BCUT2D eigenvalue weighted by molar-refractivity contribution is 5.32. The fourth-order valence-electron chi connectivity index (χ4n) is 4.02. The molecule has 0 amide bonds. The Bertz CT molecular complexity index is 859. The predicted molar refractivity (Wildman–Crippen MR) is 96.8 cm³/mol. The van der Waals surface area contributed by atoms with Gasteiger partial charge in [0, 0.05) is 6.07 Å². The second-order valence-electron chi connectivity index (χ2n) is 7.53. The van der Waals surface area contributed by atoms with Crippen molar-refractivity contribution >= 4 is 0 Å². The normalized spacial score (nSPS) is 20.0. The van der Waals surface area contributed by atoms with Crippen molar-refractivity contribution in [2.75, 3.05) is 0 Å². The Balaban J connectivity index is 1.80. The summed E-state index contributed by atoms with van der Waals surface area (Å²) in [5.41, 5.74) is -1.20. The van der Waals surface area contributed by atoms with Crippen LogP contribution in [-0.2, 0) is 6.11 Å². The molecule has 7 heteroatoms. The van der Waals surface area contributed by atoms with Crippen LogP contribution in [0.1, 0.15) is 62.5 Å². The van der Waals surface area contributed by atoms with Gasteiger partial charge in [-0.25, -0.2) is 17.6 Å². The van der Waals surface area contributed by atoms with Crippen molar-refractivity contribution in [3.05, 3.63) is 64.7 Å². The lowest BCUT2D eigenvalue weighted by atomic mass is 9.77. The van der Waals surface area contributed by atoms with Gasteiger partial charge in [0.25, 0.3) is 0 Å². The van der Waals surface area contributed by atoms with Gasteiger partial charge in [0.1, 0.15) is 11.3 Å². The quantitative estimate of drug-likeness (QED) is 0.445. The molecule has 1 aliphatic rings. The van der Waals surface area contributed by atoms with Crippen molar-refractivity contribution in [3.63, 3.8) is 0 Å². The van der Waals surface area contributed by atoms with Gasteiger partial charge in [-0.15, -0.1) is 0 Å².